The maximum atomic E-state index is 11.3. The molecule has 4 rings (SSSR count). The van der Waals surface area contributed by atoms with Gasteiger partial charge in [-0.05, 0) is 87.2 Å². The zero-order chi connectivity index (χ0) is 33.9. The molecule has 3 aliphatic rings. The lowest BCUT2D eigenvalue weighted by molar-refractivity contribution is -0.201. The third-order valence-electron chi connectivity index (χ3n) is 9.71. The summed E-state index contributed by atoms with van der Waals surface area (Å²) in [5.74, 6) is 6.52. The van der Waals surface area contributed by atoms with E-state index in [0.29, 0.717) is 45.5 Å². The molecule has 9 nitrogen and oxygen atoms in total. The summed E-state index contributed by atoms with van der Waals surface area (Å²) in [6, 6.07) is 9.78. The zero-order valence-electron chi connectivity index (χ0n) is 28.9. The van der Waals surface area contributed by atoms with Crippen LogP contribution in [-0.4, -0.2) is 71.6 Å². The number of ether oxygens (including phenoxy) is 5. The molecule has 0 radical (unpaired) electrons. The van der Waals surface area contributed by atoms with Crippen molar-refractivity contribution in [3.8, 4) is 17.6 Å². The summed E-state index contributed by atoms with van der Waals surface area (Å²) in [7, 11) is -6.34. The Morgan fingerprint density at radius 2 is 1.68 bits per heavy atom. The molecule has 1 aliphatic carbocycles. The largest absolute Gasteiger partial charge is 0.493 e. The van der Waals surface area contributed by atoms with E-state index >= 15 is 0 Å². The molecule has 3 fully saturated rings. The lowest BCUT2D eigenvalue weighted by Gasteiger charge is -2.40. The molecule has 0 aromatic heterocycles. The van der Waals surface area contributed by atoms with Gasteiger partial charge in [-0.3, -0.25) is 4.55 Å². The molecule has 47 heavy (non-hydrogen) atoms. The van der Waals surface area contributed by atoms with Gasteiger partial charge in [0.05, 0.1) is 25.4 Å². The lowest BCUT2D eigenvalue weighted by Crippen LogP contribution is -2.45. The molecular weight excluding hydrogens is 637 g/mol. The van der Waals surface area contributed by atoms with E-state index in [1.807, 2.05) is 30.3 Å². The molecule has 2 aliphatic heterocycles. The fourth-order valence-electron chi connectivity index (χ4n) is 6.24. The van der Waals surface area contributed by atoms with Crippen LogP contribution in [0.1, 0.15) is 85.0 Å². The summed E-state index contributed by atoms with van der Waals surface area (Å²) in [5, 5.41) is 0.00759. The van der Waals surface area contributed by atoms with Gasteiger partial charge < -0.3 is 28.1 Å². The van der Waals surface area contributed by atoms with Crippen molar-refractivity contribution in [2.75, 3.05) is 25.6 Å². The van der Waals surface area contributed by atoms with Crippen molar-refractivity contribution in [3.05, 3.63) is 42.2 Å². The Morgan fingerprint density at radius 3 is 2.30 bits per heavy atom. The van der Waals surface area contributed by atoms with Gasteiger partial charge in [-0.2, -0.15) is 8.42 Å². The Kier molecular flexibility index (Phi) is 14.2. The number of para-hydroxylation sites is 1. The lowest BCUT2D eigenvalue weighted by atomic mass is 9.87. The molecule has 1 saturated carbocycles. The SMILES string of the molecule is CC(C)(C)[Si](C)(C)O[C@@H]1C[C@@H](OC2CCCCO2)[C@@H](C(=CCCOc2ccccc2)OC2CCCCO2)[C@@H]1CCC#CCS(=O)(=O)O. The fourth-order valence-corrected chi connectivity index (χ4v) is 7.91. The van der Waals surface area contributed by atoms with Gasteiger partial charge in [-0.25, -0.2) is 0 Å². The second kappa shape index (κ2) is 17.7. The van der Waals surface area contributed by atoms with Crippen LogP contribution in [0.4, 0.5) is 0 Å². The average molecular weight is 693 g/mol. The van der Waals surface area contributed by atoms with Crippen LogP contribution < -0.4 is 4.74 Å². The van der Waals surface area contributed by atoms with Gasteiger partial charge in [0.15, 0.2) is 20.9 Å². The van der Waals surface area contributed by atoms with E-state index in [1.54, 1.807) is 0 Å². The Balaban J connectivity index is 1.67. The quantitative estimate of drug-likeness (QED) is 0.0697. The summed E-state index contributed by atoms with van der Waals surface area (Å²) in [6.45, 7) is 13.1. The molecule has 2 heterocycles. The molecule has 0 amide bonds. The maximum Gasteiger partial charge on any atom is 0.276 e. The first-order valence-electron chi connectivity index (χ1n) is 17.3. The van der Waals surface area contributed by atoms with Gasteiger partial charge in [-0.15, -0.1) is 5.92 Å². The molecule has 1 N–H and O–H groups in total. The Labute approximate surface area is 283 Å². The van der Waals surface area contributed by atoms with E-state index in [-0.39, 0.29) is 41.7 Å². The summed E-state index contributed by atoms with van der Waals surface area (Å²) in [4.78, 5) is 0. The van der Waals surface area contributed by atoms with Gasteiger partial charge in [0.2, 0.25) is 0 Å². The highest BCUT2D eigenvalue weighted by atomic mass is 32.2. The summed E-state index contributed by atoms with van der Waals surface area (Å²) in [6.07, 6.45) is 9.42. The van der Waals surface area contributed by atoms with Gasteiger partial charge >= 0.3 is 0 Å². The van der Waals surface area contributed by atoms with Crippen LogP contribution in [0, 0.1) is 23.7 Å². The molecule has 2 saturated heterocycles. The minimum atomic E-state index is -4.16. The molecule has 6 atom stereocenters. The van der Waals surface area contributed by atoms with Crippen LogP contribution in [0.5, 0.6) is 5.75 Å². The van der Waals surface area contributed by atoms with Gasteiger partial charge in [0.25, 0.3) is 10.1 Å². The number of hydrogen-bond acceptors (Lipinski definition) is 8. The second-order valence-electron chi connectivity index (χ2n) is 14.4. The first-order chi connectivity index (χ1) is 22.3. The highest BCUT2D eigenvalue weighted by Crippen LogP contribution is 2.48. The predicted molar refractivity (Wildman–Crippen MR) is 185 cm³/mol. The van der Waals surface area contributed by atoms with Crippen molar-refractivity contribution in [2.45, 2.75) is 128 Å². The van der Waals surface area contributed by atoms with Gasteiger partial charge in [0, 0.05) is 31.8 Å². The Hall–Kier alpha value is -1.91. The summed E-state index contributed by atoms with van der Waals surface area (Å²) in [5.41, 5.74) is 0. The first kappa shape index (κ1) is 37.9. The number of benzene rings is 1. The minimum absolute atomic E-state index is 0.00759. The molecule has 2 unspecified atom stereocenters. The third kappa shape index (κ3) is 12.2. The standard InChI is InChI=1S/C36H56O9SSi/c1-36(2,3)47(4,5)45-31-27-32(44-34-22-12-14-24-42-34)35(29(31)19-10-7-15-26-46(37,38)39)30(43-33-21-11-13-23-41-33)20-16-25-40-28-17-8-6-9-18-28/h6,8-9,17-18,20,29,31-35H,10-14,16,19,21-27H2,1-5H3,(H,37,38,39)/t29-,31-,32-,33?,34?,35-/m1/s1. The highest BCUT2D eigenvalue weighted by molar-refractivity contribution is 7.86. The van der Waals surface area contributed by atoms with E-state index in [9.17, 15) is 13.0 Å². The topological polar surface area (TPSA) is 110 Å². The summed E-state index contributed by atoms with van der Waals surface area (Å²) < 4.78 is 70.7. The van der Waals surface area contributed by atoms with E-state index in [4.69, 9.17) is 28.1 Å². The molecule has 0 bridgehead atoms. The van der Waals surface area contributed by atoms with Crippen molar-refractivity contribution < 1.29 is 41.1 Å². The molecule has 1 aromatic rings. The monoisotopic (exact) mass is 692 g/mol. The Morgan fingerprint density at radius 1 is 1.00 bits per heavy atom. The second-order valence-corrected chi connectivity index (χ2v) is 20.6. The van der Waals surface area contributed by atoms with Crippen LogP contribution in [0.2, 0.25) is 18.1 Å². The van der Waals surface area contributed by atoms with Crippen molar-refractivity contribution in [3.63, 3.8) is 0 Å². The molecule has 1 aromatic carbocycles. The molecule has 11 heteroatoms. The van der Waals surface area contributed by atoms with Gasteiger partial charge in [0.1, 0.15) is 17.3 Å². The van der Waals surface area contributed by atoms with Crippen molar-refractivity contribution >= 4 is 18.4 Å². The van der Waals surface area contributed by atoms with Crippen LogP contribution in [-0.2, 0) is 33.5 Å². The number of rotatable bonds is 14. The van der Waals surface area contributed by atoms with Crippen LogP contribution in [0.3, 0.4) is 0 Å². The van der Waals surface area contributed by atoms with Crippen molar-refractivity contribution in [1.82, 2.24) is 0 Å². The minimum Gasteiger partial charge on any atom is -0.493 e. The smallest absolute Gasteiger partial charge is 0.276 e. The van der Waals surface area contributed by atoms with E-state index < -0.39 is 24.2 Å². The Bertz CT molecular complexity index is 1290. The van der Waals surface area contributed by atoms with Crippen molar-refractivity contribution in [2.24, 2.45) is 11.8 Å². The maximum absolute atomic E-state index is 11.3. The highest BCUT2D eigenvalue weighted by Gasteiger charge is 2.51. The zero-order valence-corrected chi connectivity index (χ0v) is 30.8. The fraction of sp³-hybridized carbons (Fsp3) is 0.722. The average Bonchev–Trinajstić information content (AvgIpc) is 3.34. The van der Waals surface area contributed by atoms with E-state index in [2.05, 4.69) is 51.8 Å². The van der Waals surface area contributed by atoms with Crippen LogP contribution in [0.15, 0.2) is 42.2 Å². The number of hydrogen-bond donors (Lipinski definition) is 1. The first-order valence-corrected chi connectivity index (χ1v) is 21.9. The van der Waals surface area contributed by atoms with Gasteiger partial charge in [-0.1, -0.05) is 44.9 Å². The van der Waals surface area contributed by atoms with E-state index in [0.717, 1.165) is 50.0 Å². The van der Waals surface area contributed by atoms with Crippen LogP contribution >= 0.6 is 0 Å². The summed E-state index contributed by atoms with van der Waals surface area (Å²) >= 11 is 0. The normalized spacial score (nSPS) is 27.6. The molecule has 264 valence electrons. The van der Waals surface area contributed by atoms with Crippen LogP contribution in [0.25, 0.3) is 0 Å². The third-order valence-corrected chi connectivity index (χ3v) is 14.7. The predicted octanol–water partition coefficient (Wildman–Crippen LogP) is 7.49. The molecule has 0 spiro atoms. The molecular formula is C36H56O9SSi. The van der Waals surface area contributed by atoms with E-state index in [1.165, 1.54) is 0 Å². The van der Waals surface area contributed by atoms with Crippen molar-refractivity contribution in [1.29, 1.82) is 0 Å².